The summed E-state index contributed by atoms with van der Waals surface area (Å²) < 4.78 is 6.76. The first-order valence-corrected chi connectivity index (χ1v) is 19.8. The normalized spacial score (nSPS) is 9.46. The molecule has 0 saturated heterocycles. The van der Waals surface area contributed by atoms with Gasteiger partial charge >= 0.3 is 0 Å². The first kappa shape index (κ1) is 51.2. The van der Waals surface area contributed by atoms with Crippen molar-refractivity contribution in [2.24, 2.45) is 0 Å². The predicted octanol–water partition coefficient (Wildman–Crippen LogP) is 12.9. The third-order valence-electron chi connectivity index (χ3n) is 7.84. The minimum Gasteiger partial charge on any atom is -0.358 e. The minimum absolute atomic E-state index is 0. The second-order valence-corrected chi connectivity index (χ2v) is 12.1. The maximum Gasteiger partial charge on any atom is 0.243 e. The van der Waals surface area contributed by atoms with Gasteiger partial charge in [0.2, 0.25) is 6.33 Å². The molecule has 0 spiro atoms. The number of benzene rings is 2. The molecule has 0 aliphatic carbocycles. The van der Waals surface area contributed by atoms with Crippen LogP contribution in [0.4, 0.5) is 0 Å². The van der Waals surface area contributed by atoms with Gasteiger partial charge in [-0.05, 0) is 87.0 Å². The predicted molar refractivity (Wildman–Crippen MR) is 224 cm³/mol. The Morgan fingerprint density at radius 2 is 0.820 bits per heavy atom. The van der Waals surface area contributed by atoms with E-state index in [2.05, 4.69) is 146 Å². The summed E-state index contributed by atoms with van der Waals surface area (Å²) in [6.07, 6.45) is 27.1. The molecule has 2 aromatic carbocycles. The Morgan fingerprint density at radius 1 is 0.460 bits per heavy atom. The van der Waals surface area contributed by atoms with Crippen LogP contribution in [-0.4, -0.2) is 4.57 Å². The van der Waals surface area contributed by atoms with Crippen molar-refractivity contribution in [2.45, 2.75) is 165 Å². The van der Waals surface area contributed by atoms with Crippen LogP contribution in [-0.2, 0) is 45.3 Å². The first-order valence-electron chi connectivity index (χ1n) is 19.8. The van der Waals surface area contributed by atoms with E-state index in [4.69, 9.17) is 0 Å². The van der Waals surface area contributed by atoms with Crippen LogP contribution in [0.3, 0.4) is 0 Å². The molecule has 0 unspecified atom stereocenters. The van der Waals surface area contributed by atoms with E-state index in [9.17, 15) is 0 Å². The number of pyridine rings is 1. The van der Waals surface area contributed by atoms with Crippen LogP contribution in [0.15, 0.2) is 97.8 Å². The number of imidazole rings is 1. The average Bonchev–Trinajstić information content (AvgIpc) is 3.62. The minimum atomic E-state index is 0. The number of aryl methyl sites for hydroxylation is 7. The van der Waals surface area contributed by atoms with Crippen molar-refractivity contribution in [1.82, 2.24) is 4.57 Å². The second-order valence-electron chi connectivity index (χ2n) is 12.1. The number of hydrogen-bond acceptors (Lipinski definition) is 0. The molecule has 0 radical (unpaired) electrons. The maximum absolute atomic E-state index is 2.31. The van der Waals surface area contributed by atoms with E-state index in [1.165, 1.54) is 106 Å². The van der Waals surface area contributed by atoms with Gasteiger partial charge in [-0.25, -0.2) is 13.7 Å². The Kier molecular flexibility index (Phi) is 37.9. The highest BCUT2D eigenvalue weighted by Crippen LogP contribution is 2.11. The summed E-state index contributed by atoms with van der Waals surface area (Å²) in [5.41, 5.74) is 5.92. The van der Waals surface area contributed by atoms with E-state index < -0.39 is 0 Å². The van der Waals surface area contributed by atoms with Crippen molar-refractivity contribution in [3.05, 3.63) is 135 Å². The summed E-state index contributed by atoms with van der Waals surface area (Å²) in [5.74, 6) is 0. The molecule has 0 fully saturated rings. The van der Waals surface area contributed by atoms with Gasteiger partial charge in [0.1, 0.15) is 18.9 Å². The lowest BCUT2D eigenvalue weighted by Crippen LogP contribution is -2.32. The van der Waals surface area contributed by atoms with Gasteiger partial charge in [-0.3, -0.25) is 0 Å². The fourth-order valence-electron chi connectivity index (χ4n) is 5.10. The topological polar surface area (TPSA) is 12.7 Å². The molecule has 3 nitrogen and oxygen atoms in total. The summed E-state index contributed by atoms with van der Waals surface area (Å²) in [5, 5.41) is 0. The molecule has 284 valence electrons. The quantitative estimate of drug-likeness (QED) is 0.0595. The van der Waals surface area contributed by atoms with E-state index in [1.807, 2.05) is 27.7 Å². The van der Waals surface area contributed by atoms with Crippen molar-refractivity contribution < 1.29 is 9.13 Å². The highest BCUT2D eigenvalue weighted by Gasteiger charge is 2.02. The number of rotatable bonds is 17. The van der Waals surface area contributed by atoms with Gasteiger partial charge < -0.3 is 14.9 Å². The summed E-state index contributed by atoms with van der Waals surface area (Å²) in [7, 11) is 0. The number of unbranched alkanes of at least 4 members (excludes halogenated alkanes) is 4. The van der Waals surface area contributed by atoms with Crippen LogP contribution in [0.5, 0.6) is 0 Å². The van der Waals surface area contributed by atoms with E-state index >= 15 is 0 Å². The Labute approximate surface area is 313 Å². The molecule has 50 heavy (non-hydrogen) atoms. The van der Waals surface area contributed by atoms with E-state index in [1.54, 1.807) is 0 Å². The van der Waals surface area contributed by atoms with Gasteiger partial charge in [0.15, 0.2) is 12.4 Å². The molecule has 0 atom stereocenters. The van der Waals surface area contributed by atoms with Crippen LogP contribution in [0.2, 0.25) is 0 Å². The summed E-state index contributed by atoms with van der Waals surface area (Å²) in [6, 6.07) is 24.7. The molecule has 3 heteroatoms. The molecule has 4 rings (SSSR count). The van der Waals surface area contributed by atoms with Crippen molar-refractivity contribution in [3.63, 3.8) is 0 Å². The zero-order valence-corrected chi connectivity index (χ0v) is 34.9. The lowest BCUT2D eigenvalue weighted by atomic mass is 10.0. The number of hydrogen-bond donors (Lipinski definition) is 0. The molecule has 0 N–H and O–H groups in total. The largest absolute Gasteiger partial charge is 0.358 e. The Bertz CT molecular complexity index is 1190. The molecule has 0 saturated carbocycles. The third kappa shape index (κ3) is 25.7. The van der Waals surface area contributed by atoms with Crippen molar-refractivity contribution >= 4 is 0 Å². The van der Waals surface area contributed by atoms with Crippen molar-refractivity contribution in [1.29, 1.82) is 0 Å². The van der Waals surface area contributed by atoms with Gasteiger partial charge in [0.25, 0.3) is 0 Å². The van der Waals surface area contributed by atoms with Crippen LogP contribution in [0.25, 0.3) is 0 Å². The highest BCUT2D eigenvalue weighted by molar-refractivity contribution is 5.23. The second kappa shape index (κ2) is 37.1. The smallest absolute Gasteiger partial charge is 0.243 e. The van der Waals surface area contributed by atoms with Gasteiger partial charge in [-0.15, -0.1) is 0 Å². The number of nitrogens with zero attached hydrogens (tertiary/aromatic N) is 3. The van der Waals surface area contributed by atoms with Crippen LogP contribution in [0.1, 0.15) is 142 Å². The van der Waals surface area contributed by atoms with Crippen LogP contribution in [0, 0.1) is 14.9 Å². The Balaban J connectivity index is -0.000000725. The number of aromatic nitrogens is 3. The fourth-order valence-corrected chi connectivity index (χ4v) is 5.10. The highest BCUT2D eigenvalue weighted by atomic mass is 15.1. The van der Waals surface area contributed by atoms with E-state index in [0.29, 0.717) is 0 Å². The fraction of sp³-hybridized carbons (Fsp3) is 0.532. The molecular weight excluding hydrogens is 607 g/mol. The monoisotopic (exact) mass is 688 g/mol. The first-order chi connectivity index (χ1) is 23.6. The molecule has 2 aromatic heterocycles. The van der Waals surface area contributed by atoms with Crippen LogP contribution >= 0.6 is 0 Å². The van der Waals surface area contributed by atoms with Gasteiger partial charge in [0, 0.05) is 18.6 Å². The Morgan fingerprint density at radius 3 is 1.16 bits per heavy atom. The average molecular weight is 688 g/mol. The molecule has 2 heterocycles. The lowest BCUT2D eigenvalue weighted by molar-refractivity contribution is -0.697. The van der Waals surface area contributed by atoms with Crippen molar-refractivity contribution in [3.8, 4) is 0 Å². The third-order valence-corrected chi connectivity index (χ3v) is 7.84. The zero-order chi connectivity index (χ0) is 35.7. The maximum atomic E-state index is 2.31. The molecule has 0 aliphatic heterocycles. The Hall–Kier alpha value is -3.20. The van der Waals surface area contributed by atoms with E-state index in [-0.39, 0.29) is 14.9 Å². The van der Waals surface area contributed by atoms with Gasteiger partial charge in [-0.1, -0.05) is 129 Å². The van der Waals surface area contributed by atoms with Crippen LogP contribution < -0.4 is 9.13 Å². The molecular formula is C47H81N3. The summed E-state index contributed by atoms with van der Waals surface area (Å²) in [6.45, 7) is 22.2. The van der Waals surface area contributed by atoms with Gasteiger partial charge in [0.05, 0.1) is 13.1 Å². The SMILES string of the molecule is CC.CC.CCC.CCCCc1ccc(CCCC[n+]2ccccc2)cc1.CCCCc1ccc(CCCC[n+]2ccn(CC)c2)cc1.[CH3-].[CH3-]. The lowest BCUT2D eigenvalue weighted by Gasteiger charge is -2.04. The zero-order valence-electron chi connectivity index (χ0n) is 34.9. The van der Waals surface area contributed by atoms with Gasteiger partial charge in [-0.2, -0.15) is 0 Å². The molecule has 0 amide bonds. The van der Waals surface area contributed by atoms with E-state index in [0.717, 1.165) is 19.6 Å². The van der Waals surface area contributed by atoms with Crippen molar-refractivity contribution in [2.75, 3.05) is 0 Å². The molecule has 0 bridgehead atoms. The molecule has 0 aliphatic rings. The molecule has 4 aromatic rings. The standard InChI is InChI=1S/C19H29N2.C19H26N.C3H8.2C2H6.2CH3/c1-3-5-8-18-10-12-19(13-11-18)9-6-7-14-21-16-15-20(4-2)17-21;1-2-3-9-18-11-13-19(14-12-18)10-5-8-17-20-15-6-4-7-16-20;1-3-2;2*1-2;;/h10-13,15-17H,3-9,14H2,1-2H3;4,6-7,11-16H,2-3,5,8-10,17H2,1H3;3H2,1-2H3;2*1-2H3;2*1H3/q2*+1;;;;2*-1. The summed E-state index contributed by atoms with van der Waals surface area (Å²) in [4.78, 5) is 0. The summed E-state index contributed by atoms with van der Waals surface area (Å²) >= 11 is 0.